The number of amides is 1. The molecule has 4 aliphatic rings. The van der Waals surface area contributed by atoms with Crippen molar-refractivity contribution in [1.29, 1.82) is 0 Å². The summed E-state index contributed by atoms with van der Waals surface area (Å²) in [5.41, 5.74) is 9.24. The van der Waals surface area contributed by atoms with Crippen molar-refractivity contribution in [2.24, 2.45) is 7.05 Å². The van der Waals surface area contributed by atoms with Crippen LogP contribution in [0.5, 0.6) is 0 Å². The van der Waals surface area contributed by atoms with Gasteiger partial charge in [-0.2, -0.15) is 0 Å². The van der Waals surface area contributed by atoms with Gasteiger partial charge in [-0.05, 0) is 89.8 Å². The molecule has 3 aliphatic heterocycles. The molecule has 0 unspecified atom stereocenters. The molecule has 1 fully saturated rings. The topological polar surface area (TPSA) is 79.9 Å². The first-order valence-corrected chi connectivity index (χ1v) is 16.5. The Hall–Kier alpha value is -4.05. The maximum absolute atomic E-state index is 15.4. The van der Waals surface area contributed by atoms with Crippen LogP contribution in [0.15, 0.2) is 53.5 Å². The number of nitrogens with zero attached hydrogens (tertiary/aromatic N) is 4. The number of pyridine rings is 1. The summed E-state index contributed by atoms with van der Waals surface area (Å²) in [7, 11) is 1.70. The standard InChI is InChI=1S/C37H39FN4O4/c1-39-18-28(14-27(36(39)44)13-23-6-7-26-19-40(30-21-46-22-30)9-8-24(26)12-23)31-16-29(38)17-34(32(31)20-43)42-11-10-41-33-5-3-2-4-25(33)15-35(41)37(42)45/h6-7,12,14-18,30,43H,2-5,8-11,13,19-22H2,1H3. The van der Waals surface area contributed by atoms with Gasteiger partial charge in [-0.25, -0.2) is 4.39 Å². The Morgan fingerprint density at radius 2 is 1.78 bits per heavy atom. The molecule has 238 valence electrons. The number of carbonyl (C=O) groups excluding carboxylic acids is 1. The number of ether oxygens (including phenoxy) is 1. The monoisotopic (exact) mass is 622 g/mol. The maximum atomic E-state index is 15.4. The number of rotatable bonds is 6. The fraction of sp³-hybridized carbons (Fsp3) is 0.405. The third-order valence-electron chi connectivity index (χ3n) is 10.5. The van der Waals surface area contributed by atoms with Crippen LogP contribution >= 0.6 is 0 Å². The predicted octanol–water partition coefficient (Wildman–Crippen LogP) is 4.37. The molecule has 1 aliphatic carbocycles. The summed E-state index contributed by atoms with van der Waals surface area (Å²) in [6, 6.07) is 13.6. The molecule has 46 heavy (non-hydrogen) atoms. The summed E-state index contributed by atoms with van der Waals surface area (Å²) in [6.45, 7) is 4.18. The van der Waals surface area contributed by atoms with Crippen LogP contribution in [0.1, 0.15) is 62.4 Å². The van der Waals surface area contributed by atoms with E-state index in [0.717, 1.165) is 64.0 Å². The molecule has 1 N–H and O–H groups in total. The molecule has 8 rings (SSSR count). The highest BCUT2D eigenvalue weighted by Crippen LogP contribution is 2.36. The van der Waals surface area contributed by atoms with Crippen molar-refractivity contribution in [3.05, 3.63) is 110 Å². The van der Waals surface area contributed by atoms with Crippen LogP contribution in [0, 0.1) is 5.82 Å². The Morgan fingerprint density at radius 1 is 0.935 bits per heavy atom. The highest BCUT2D eigenvalue weighted by molar-refractivity contribution is 6.07. The van der Waals surface area contributed by atoms with Crippen molar-refractivity contribution >= 4 is 11.6 Å². The second-order valence-corrected chi connectivity index (χ2v) is 13.3. The SMILES string of the molecule is Cn1cc(-c2cc(F)cc(N3CCn4c(cc5c4CCCC5)C3=O)c2CO)cc(Cc2ccc3c(c2)CCN(C2COC2)C3)c1=O. The summed E-state index contributed by atoms with van der Waals surface area (Å²) >= 11 is 0. The van der Waals surface area contributed by atoms with Crippen molar-refractivity contribution in [3.8, 4) is 11.1 Å². The van der Waals surface area contributed by atoms with Crippen molar-refractivity contribution in [3.63, 3.8) is 0 Å². The van der Waals surface area contributed by atoms with E-state index in [1.54, 1.807) is 18.1 Å². The number of aliphatic hydroxyl groups excluding tert-OH is 1. The van der Waals surface area contributed by atoms with E-state index >= 15 is 4.39 Å². The van der Waals surface area contributed by atoms with Gasteiger partial charge in [0.05, 0.1) is 31.5 Å². The molecule has 1 saturated heterocycles. The highest BCUT2D eigenvalue weighted by atomic mass is 19.1. The van der Waals surface area contributed by atoms with E-state index in [2.05, 4.69) is 27.7 Å². The van der Waals surface area contributed by atoms with Crippen molar-refractivity contribution in [2.75, 3.05) is 31.2 Å². The van der Waals surface area contributed by atoms with Crippen molar-refractivity contribution in [2.45, 2.75) is 64.3 Å². The number of aromatic nitrogens is 2. The first-order valence-electron chi connectivity index (χ1n) is 16.5. The van der Waals surface area contributed by atoms with Gasteiger partial charge in [-0.1, -0.05) is 18.2 Å². The Labute approximate surface area is 267 Å². The normalized spacial score (nSPS) is 18.2. The first kappa shape index (κ1) is 29.4. The minimum Gasteiger partial charge on any atom is -0.392 e. The summed E-state index contributed by atoms with van der Waals surface area (Å²) < 4.78 is 24.4. The van der Waals surface area contributed by atoms with Crippen LogP contribution in [0.2, 0.25) is 0 Å². The van der Waals surface area contributed by atoms with E-state index in [0.29, 0.717) is 59.2 Å². The van der Waals surface area contributed by atoms with Crippen LogP contribution in [-0.2, 0) is 57.2 Å². The Bertz CT molecular complexity index is 1920. The van der Waals surface area contributed by atoms with Gasteiger partial charge in [0.2, 0.25) is 0 Å². The van der Waals surface area contributed by atoms with E-state index in [1.807, 2.05) is 12.1 Å². The van der Waals surface area contributed by atoms with E-state index < -0.39 is 5.82 Å². The van der Waals surface area contributed by atoms with Crippen LogP contribution < -0.4 is 10.5 Å². The van der Waals surface area contributed by atoms with E-state index in [1.165, 1.54) is 39.1 Å². The predicted molar refractivity (Wildman–Crippen MR) is 174 cm³/mol. The lowest BCUT2D eigenvalue weighted by atomic mass is 9.93. The van der Waals surface area contributed by atoms with Gasteiger partial charge >= 0.3 is 0 Å². The van der Waals surface area contributed by atoms with Gasteiger partial charge in [-0.15, -0.1) is 0 Å². The summed E-state index contributed by atoms with van der Waals surface area (Å²) in [6.07, 6.45) is 7.29. The molecule has 8 nitrogen and oxygen atoms in total. The lowest BCUT2D eigenvalue weighted by molar-refractivity contribution is -0.0695. The molecule has 5 heterocycles. The fourth-order valence-electron chi connectivity index (χ4n) is 7.91. The zero-order valence-electron chi connectivity index (χ0n) is 26.2. The van der Waals surface area contributed by atoms with Crippen LogP contribution in [0.3, 0.4) is 0 Å². The number of benzene rings is 2. The zero-order chi connectivity index (χ0) is 31.5. The number of carbonyl (C=O) groups is 1. The maximum Gasteiger partial charge on any atom is 0.274 e. The number of halogens is 1. The summed E-state index contributed by atoms with van der Waals surface area (Å²) in [5, 5.41) is 10.7. The largest absolute Gasteiger partial charge is 0.392 e. The average Bonchev–Trinajstić information content (AvgIpc) is 3.42. The van der Waals surface area contributed by atoms with E-state index in [-0.39, 0.29) is 18.1 Å². The van der Waals surface area contributed by atoms with Gasteiger partial charge in [0.1, 0.15) is 11.5 Å². The molecule has 0 saturated carbocycles. The van der Waals surface area contributed by atoms with Gasteiger partial charge in [-0.3, -0.25) is 14.5 Å². The molecule has 2 aromatic carbocycles. The van der Waals surface area contributed by atoms with Gasteiger partial charge in [0.25, 0.3) is 11.5 Å². The Morgan fingerprint density at radius 3 is 2.59 bits per heavy atom. The molecular weight excluding hydrogens is 583 g/mol. The molecule has 0 bridgehead atoms. The second-order valence-electron chi connectivity index (χ2n) is 13.3. The molecule has 9 heteroatoms. The summed E-state index contributed by atoms with van der Waals surface area (Å²) in [4.78, 5) is 31.3. The lowest BCUT2D eigenvalue weighted by Gasteiger charge is -2.40. The van der Waals surface area contributed by atoms with E-state index in [9.17, 15) is 14.7 Å². The zero-order valence-corrected chi connectivity index (χ0v) is 26.2. The fourth-order valence-corrected chi connectivity index (χ4v) is 7.91. The first-order chi connectivity index (χ1) is 22.4. The minimum absolute atomic E-state index is 0.115. The minimum atomic E-state index is -0.497. The number of fused-ring (bicyclic) bond motifs is 4. The van der Waals surface area contributed by atoms with E-state index in [4.69, 9.17) is 4.74 Å². The molecule has 0 spiro atoms. The van der Waals surface area contributed by atoms with Crippen LogP contribution in [-0.4, -0.2) is 57.4 Å². The number of hydrogen-bond donors (Lipinski definition) is 1. The highest BCUT2D eigenvalue weighted by Gasteiger charge is 2.32. The number of aryl methyl sites for hydroxylation is 2. The Balaban J connectivity index is 1.11. The molecule has 1 amide bonds. The van der Waals surface area contributed by atoms with Gasteiger partial charge in [0.15, 0.2) is 0 Å². The number of aliphatic hydroxyl groups is 1. The molecular formula is C37H39FN4O4. The second kappa shape index (κ2) is 11.6. The van der Waals surface area contributed by atoms with Gasteiger partial charge in [0, 0.05) is 62.7 Å². The van der Waals surface area contributed by atoms with Crippen LogP contribution in [0.4, 0.5) is 10.1 Å². The third kappa shape index (κ3) is 5.01. The lowest BCUT2D eigenvalue weighted by Crippen LogP contribution is -2.50. The van der Waals surface area contributed by atoms with Crippen molar-refractivity contribution < 1.29 is 19.0 Å². The molecule has 2 aromatic heterocycles. The summed E-state index contributed by atoms with van der Waals surface area (Å²) in [5.74, 6) is -0.674. The Kier molecular flexibility index (Phi) is 7.43. The number of anilines is 1. The molecule has 4 aromatic rings. The smallest absolute Gasteiger partial charge is 0.274 e. The van der Waals surface area contributed by atoms with Crippen LogP contribution in [0.25, 0.3) is 11.1 Å². The molecule has 0 radical (unpaired) electrons. The number of hydrogen-bond acceptors (Lipinski definition) is 5. The molecule has 0 atom stereocenters. The third-order valence-corrected chi connectivity index (χ3v) is 10.5. The van der Waals surface area contributed by atoms with Crippen molar-refractivity contribution in [1.82, 2.24) is 14.0 Å². The average molecular weight is 623 g/mol. The van der Waals surface area contributed by atoms with Gasteiger partial charge < -0.3 is 23.9 Å². The quantitative estimate of drug-likeness (QED) is 0.346.